The van der Waals surface area contributed by atoms with Crippen LogP contribution >= 0.6 is 0 Å². The van der Waals surface area contributed by atoms with Crippen molar-refractivity contribution in [2.24, 2.45) is 5.92 Å². The van der Waals surface area contributed by atoms with Gasteiger partial charge in [-0.1, -0.05) is 20.8 Å². The Hall–Kier alpha value is -2.97. The third-order valence-electron chi connectivity index (χ3n) is 3.30. The zero-order chi connectivity index (χ0) is 18.6. The summed E-state index contributed by atoms with van der Waals surface area (Å²) in [6, 6.07) is 2.99. The number of carbonyl (C=O) groups excluding carboxylic acids is 2. The fourth-order valence-corrected chi connectivity index (χ4v) is 2.08. The fourth-order valence-electron chi connectivity index (χ4n) is 2.08. The van der Waals surface area contributed by atoms with Crippen LogP contribution in [0.1, 0.15) is 32.2 Å². The summed E-state index contributed by atoms with van der Waals surface area (Å²) in [4.78, 5) is 42.5. The minimum atomic E-state index is -0.809. The van der Waals surface area contributed by atoms with E-state index in [-0.39, 0.29) is 23.2 Å². The summed E-state index contributed by atoms with van der Waals surface area (Å²) in [5.41, 5.74) is 0.878. The molecule has 0 aliphatic heterocycles. The molecule has 134 valence electrons. The third kappa shape index (κ3) is 4.75. The van der Waals surface area contributed by atoms with E-state index in [1.807, 2.05) is 20.8 Å². The Morgan fingerprint density at radius 2 is 2.00 bits per heavy atom. The van der Waals surface area contributed by atoms with Crippen LogP contribution in [0.3, 0.4) is 0 Å². The van der Waals surface area contributed by atoms with E-state index in [0.717, 1.165) is 0 Å². The molecule has 0 bridgehead atoms. The molecule has 9 nitrogen and oxygen atoms in total. The molecule has 0 aliphatic rings. The largest absolute Gasteiger partial charge is 0.348 e. The van der Waals surface area contributed by atoms with Crippen LogP contribution < -0.4 is 16.2 Å². The lowest BCUT2D eigenvalue weighted by Crippen LogP contribution is -2.37. The summed E-state index contributed by atoms with van der Waals surface area (Å²) in [5, 5.41) is 9.26. The molecule has 2 amide bonds. The standard InChI is InChI=1S/C16H22N6O3/c1-5-11-7-13(23)20-16(18-11)22-12(6-10(4)21-22)19-15(25)14(24)17-8-9(2)3/h6-7,9H,5,8H2,1-4H3,(H,17,24)(H,19,25)(H,18,20,23). The smallest absolute Gasteiger partial charge is 0.314 e. The molecular weight excluding hydrogens is 324 g/mol. The highest BCUT2D eigenvalue weighted by atomic mass is 16.2. The van der Waals surface area contributed by atoms with E-state index in [4.69, 9.17) is 0 Å². The third-order valence-corrected chi connectivity index (χ3v) is 3.30. The highest BCUT2D eigenvalue weighted by Gasteiger charge is 2.18. The first-order valence-electron chi connectivity index (χ1n) is 8.06. The molecule has 0 saturated carbocycles. The Morgan fingerprint density at radius 3 is 2.64 bits per heavy atom. The van der Waals surface area contributed by atoms with Gasteiger partial charge in [0.25, 0.3) is 5.56 Å². The highest BCUT2D eigenvalue weighted by Crippen LogP contribution is 2.14. The molecule has 0 aromatic carbocycles. The maximum absolute atomic E-state index is 12.1. The molecule has 2 rings (SSSR count). The van der Waals surface area contributed by atoms with Crippen LogP contribution in [0.15, 0.2) is 16.9 Å². The SMILES string of the molecule is CCc1cc(=O)[nH]c(-n2nc(C)cc2NC(=O)C(=O)NCC(C)C)n1. The van der Waals surface area contributed by atoms with Crippen molar-refractivity contribution in [3.63, 3.8) is 0 Å². The van der Waals surface area contributed by atoms with Gasteiger partial charge in [-0.15, -0.1) is 0 Å². The summed E-state index contributed by atoms with van der Waals surface area (Å²) in [6.07, 6.45) is 0.580. The number of aromatic nitrogens is 4. The van der Waals surface area contributed by atoms with E-state index in [9.17, 15) is 14.4 Å². The number of amides is 2. The molecule has 2 aromatic rings. The zero-order valence-electron chi connectivity index (χ0n) is 14.7. The van der Waals surface area contributed by atoms with Crippen molar-refractivity contribution in [3.05, 3.63) is 33.9 Å². The summed E-state index contributed by atoms with van der Waals surface area (Å²) in [6.45, 7) is 7.87. The molecule has 0 aliphatic carbocycles. The molecule has 2 heterocycles. The number of nitrogens with one attached hydrogen (secondary N) is 3. The van der Waals surface area contributed by atoms with Crippen LogP contribution in [0.4, 0.5) is 5.82 Å². The summed E-state index contributed by atoms with van der Waals surface area (Å²) in [7, 11) is 0. The maximum atomic E-state index is 12.1. The molecule has 0 saturated heterocycles. The van der Waals surface area contributed by atoms with Crippen LogP contribution in [0.2, 0.25) is 0 Å². The van der Waals surface area contributed by atoms with Crippen LogP contribution in [-0.4, -0.2) is 38.1 Å². The van der Waals surface area contributed by atoms with Gasteiger partial charge in [-0.2, -0.15) is 9.78 Å². The quantitative estimate of drug-likeness (QED) is 0.682. The second kappa shape index (κ2) is 7.73. The van der Waals surface area contributed by atoms with Crippen molar-refractivity contribution in [2.75, 3.05) is 11.9 Å². The van der Waals surface area contributed by atoms with E-state index >= 15 is 0 Å². The monoisotopic (exact) mass is 346 g/mol. The number of aryl methyl sites for hydroxylation is 2. The second-order valence-electron chi connectivity index (χ2n) is 6.05. The predicted octanol–water partition coefficient (Wildman–Crippen LogP) is 0.537. The number of hydrogen-bond donors (Lipinski definition) is 3. The van der Waals surface area contributed by atoms with Crippen LogP contribution in [0.5, 0.6) is 0 Å². The summed E-state index contributed by atoms with van der Waals surface area (Å²) < 4.78 is 1.30. The fraction of sp³-hybridized carbons (Fsp3) is 0.438. The first-order valence-corrected chi connectivity index (χ1v) is 8.06. The molecule has 3 N–H and O–H groups in total. The summed E-state index contributed by atoms with van der Waals surface area (Å²) >= 11 is 0. The van der Waals surface area contributed by atoms with Gasteiger partial charge in [0.05, 0.1) is 5.69 Å². The molecule has 0 spiro atoms. The molecular formula is C16H22N6O3. The average molecular weight is 346 g/mol. The van der Waals surface area contributed by atoms with Crippen molar-refractivity contribution < 1.29 is 9.59 Å². The Labute approximate surface area is 144 Å². The van der Waals surface area contributed by atoms with Crippen LogP contribution in [-0.2, 0) is 16.0 Å². The van der Waals surface area contributed by atoms with Gasteiger partial charge in [0.1, 0.15) is 5.82 Å². The number of rotatable bonds is 5. The van der Waals surface area contributed by atoms with Crippen LogP contribution in [0.25, 0.3) is 5.95 Å². The van der Waals surface area contributed by atoms with E-state index in [1.165, 1.54) is 10.7 Å². The number of hydrogen-bond acceptors (Lipinski definition) is 5. The Kier molecular flexibility index (Phi) is 5.68. The van der Waals surface area contributed by atoms with Gasteiger partial charge in [0.15, 0.2) is 0 Å². The lowest BCUT2D eigenvalue weighted by Gasteiger charge is -2.10. The minimum absolute atomic E-state index is 0.176. The number of nitrogens with zero attached hydrogens (tertiary/aromatic N) is 3. The van der Waals surface area contributed by atoms with Gasteiger partial charge >= 0.3 is 11.8 Å². The normalized spacial score (nSPS) is 10.8. The Balaban J connectivity index is 2.27. The van der Waals surface area contributed by atoms with Crippen molar-refractivity contribution in [1.29, 1.82) is 0 Å². The van der Waals surface area contributed by atoms with Gasteiger partial charge in [-0.3, -0.25) is 19.4 Å². The van der Waals surface area contributed by atoms with Crippen molar-refractivity contribution >= 4 is 17.6 Å². The number of H-pyrrole nitrogens is 1. The molecule has 2 aromatic heterocycles. The summed E-state index contributed by atoms with van der Waals surface area (Å²) in [5.74, 6) is -0.886. The molecule has 9 heteroatoms. The van der Waals surface area contributed by atoms with E-state index in [1.54, 1.807) is 13.0 Å². The van der Waals surface area contributed by atoms with Crippen molar-refractivity contribution in [3.8, 4) is 5.95 Å². The van der Waals surface area contributed by atoms with E-state index in [2.05, 4.69) is 25.7 Å². The van der Waals surface area contributed by atoms with Crippen molar-refractivity contribution in [2.45, 2.75) is 34.1 Å². The van der Waals surface area contributed by atoms with E-state index < -0.39 is 11.8 Å². The van der Waals surface area contributed by atoms with Crippen LogP contribution in [0, 0.1) is 12.8 Å². The number of carbonyl (C=O) groups is 2. The predicted molar refractivity (Wildman–Crippen MR) is 92.6 cm³/mol. The van der Waals surface area contributed by atoms with E-state index in [0.29, 0.717) is 24.4 Å². The second-order valence-corrected chi connectivity index (χ2v) is 6.05. The first kappa shape index (κ1) is 18.4. The average Bonchev–Trinajstić information content (AvgIpc) is 2.92. The minimum Gasteiger partial charge on any atom is -0.348 e. The van der Waals surface area contributed by atoms with Crippen molar-refractivity contribution in [1.82, 2.24) is 25.1 Å². The Morgan fingerprint density at radius 1 is 1.28 bits per heavy atom. The highest BCUT2D eigenvalue weighted by molar-refractivity contribution is 6.39. The topological polar surface area (TPSA) is 122 Å². The van der Waals surface area contributed by atoms with Gasteiger partial charge in [0, 0.05) is 24.4 Å². The molecule has 0 atom stereocenters. The molecule has 0 fully saturated rings. The van der Waals surface area contributed by atoms with Gasteiger partial charge in [-0.25, -0.2) is 4.98 Å². The molecule has 25 heavy (non-hydrogen) atoms. The lowest BCUT2D eigenvalue weighted by atomic mass is 10.2. The van der Waals surface area contributed by atoms with Gasteiger partial charge in [-0.05, 0) is 19.3 Å². The number of aromatic amines is 1. The number of anilines is 1. The maximum Gasteiger partial charge on any atom is 0.314 e. The molecule has 0 unspecified atom stereocenters. The zero-order valence-corrected chi connectivity index (χ0v) is 14.7. The Bertz CT molecular complexity index is 837. The van der Waals surface area contributed by atoms with Gasteiger partial charge < -0.3 is 10.6 Å². The first-order chi connectivity index (χ1) is 11.8. The molecule has 0 radical (unpaired) electrons. The lowest BCUT2D eigenvalue weighted by molar-refractivity contribution is -0.136. The van der Waals surface area contributed by atoms with Gasteiger partial charge in [0.2, 0.25) is 5.95 Å².